The molecule has 2 saturated heterocycles. The highest BCUT2D eigenvalue weighted by molar-refractivity contribution is 5.99. The van der Waals surface area contributed by atoms with Gasteiger partial charge >= 0.3 is 6.09 Å². The highest BCUT2D eigenvalue weighted by Gasteiger charge is 2.38. The summed E-state index contributed by atoms with van der Waals surface area (Å²) in [6.45, 7) is 3.89. The van der Waals surface area contributed by atoms with E-state index in [0.29, 0.717) is 11.1 Å². The monoisotopic (exact) mass is 461 g/mol. The minimum absolute atomic E-state index is 0.0920. The summed E-state index contributed by atoms with van der Waals surface area (Å²) in [6, 6.07) is 11.6. The number of rotatable bonds is 4. The number of para-hydroxylation sites is 1. The maximum Gasteiger partial charge on any atom is 0.411 e. The summed E-state index contributed by atoms with van der Waals surface area (Å²) in [4.78, 5) is 34.5. The number of amides is 2. The molecule has 2 fully saturated rings. The average Bonchev–Trinajstić information content (AvgIpc) is 3.28. The van der Waals surface area contributed by atoms with Crippen molar-refractivity contribution in [3.05, 3.63) is 55.0 Å². The molecule has 178 valence electrons. The Kier molecular flexibility index (Phi) is 5.89. The molecule has 2 aromatic heterocycles. The van der Waals surface area contributed by atoms with Gasteiger partial charge in [-0.25, -0.2) is 4.79 Å². The molecule has 0 unspecified atom stereocenters. The molecule has 4 heterocycles. The van der Waals surface area contributed by atoms with E-state index in [4.69, 9.17) is 0 Å². The van der Waals surface area contributed by atoms with Crippen molar-refractivity contribution >= 4 is 34.3 Å². The summed E-state index contributed by atoms with van der Waals surface area (Å²) >= 11 is 0. The van der Waals surface area contributed by atoms with E-state index in [9.17, 15) is 14.7 Å². The molecule has 0 aliphatic carbocycles. The van der Waals surface area contributed by atoms with Gasteiger partial charge in [-0.05, 0) is 55.4 Å². The Morgan fingerprint density at radius 2 is 1.68 bits per heavy atom. The van der Waals surface area contributed by atoms with Crippen LogP contribution in [0.25, 0.3) is 10.9 Å². The van der Waals surface area contributed by atoms with Gasteiger partial charge in [-0.1, -0.05) is 12.1 Å². The van der Waals surface area contributed by atoms with E-state index in [1.54, 1.807) is 6.07 Å². The number of fused-ring (bicyclic) bond motifs is 1. The van der Waals surface area contributed by atoms with Crippen molar-refractivity contribution in [1.29, 1.82) is 0 Å². The van der Waals surface area contributed by atoms with Crippen LogP contribution in [0.5, 0.6) is 0 Å². The number of carbonyl (C=O) groups is 2. The zero-order chi connectivity index (χ0) is 23.7. The van der Waals surface area contributed by atoms with E-state index in [1.807, 2.05) is 46.3 Å². The lowest BCUT2D eigenvalue weighted by Crippen LogP contribution is -2.48. The Morgan fingerprint density at radius 3 is 2.35 bits per heavy atom. The molecular weight excluding hydrogens is 430 g/mol. The fourth-order valence-corrected chi connectivity index (χ4v) is 5.52. The zero-order valence-corrected chi connectivity index (χ0v) is 19.6. The van der Waals surface area contributed by atoms with Crippen LogP contribution in [0, 0.1) is 5.41 Å². The van der Waals surface area contributed by atoms with Crippen LogP contribution < -0.4 is 9.80 Å². The predicted octanol–water partition coefficient (Wildman–Crippen LogP) is 4.06. The number of pyridine rings is 1. The molecule has 0 bridgehead atoms. The molecule has 2 aliphatic rings. The third-order valence-electron chi connectivity index (χ3n) is 7.75. The normalized spacial score (nSPS) is 17.8. The van der Waals surface area contributed by atoms with Crippen LogP contribution in [0.2, 0.25) is 0 Å². The Labute approximate surface area is 199 Å². The van der Waals surface area contributed by atoms with Crippen molar-refractivity contribution in [3.63, 3.8) is 0 Å². The second-order valence-electron chi connectivity index (χ2n) is 9.57. The molecule has 5 rings (SSSR count). The molecule has 3 aromatic rings. The lowest BCUT2D eigenvalue weighted by Gasteiger charge is -2.47. The number of piperidine rings is 2. The van der Waals surface area contributed by atoms with Gasteiger partial charge < -0.3 is 19.5 Å². The molecule has 2 aliphatic heterocycles. The summed E-state index contributed by atoms with van der Waals surface area (Å²) in [5.74, 6) is 0.0920. The first-order chi connectivity index (χ1) is 16.5. The van der Waals surface area contributed by atoms with Crippen LogP contribution >= 0.6 is 0 Å². The quantitative estimate of drug-likeness (QED) is 0.634. The van der Waals surface area contributed by atoms with Crippen LogP contribution in [0.4, 0.5) is 16.2 Å². The van der Waals surface area contributed by atoms with Gasteiger partial charge in [0.15, 0.2) is 0 Å². The van der Waals surface area contributed by atoms with E-state index < -0.39 is 6.09 Å². The Hall–Kier alpha value is -3.55. The van der Waals surface area contributed by atoms with Gasteiger partial charge in [0, 0.05) is 62.9 Å². The van der Waals surface area contributed by atoms with Crippen LogP contribution in [-0.4, -0.2) is 64.8 Å². The Bertz CT molecular complexity index is 1170. The molecular formula is C26H31N5O3. The largest absolute Gasteiger partial charge is 0.465 e. The molecule has 1 aromatic carbocycles. The van der Waals surface area contributed by atoms with Gasteiger partial charge in [-0.15, -0.1) is 0 Å². The van der Waals surface area contributed by atoms with Crippen LogP contribution in [0.1, 0.15) is 25.7 Å². The number of likely N-dealkylation sites (tertiary alicyclic amines) is 1. The number of benzene rings is 1. The maximum atomic E-state index is 13.2. The van der Waals surface area contributed by atoms with E-state index in [-0.39, 0.29) is 12.5 Å². The molecule has 34 heavy (non-hydrogen) atoms. The van der Waals surface area contributed by atoms with Crippen molar-refractivity contribution in [1.82, 2.24) is 14.5 Å². The minimum atomic E-state index is -1.03. The molecule has 8 nitrogen and oxygen atoms in total. The van der Waals surface area contributed by atoms with Crippen molar-refractivity contribution in [2.45, 2.75) is 32.2 Å². The molecule has 0 saturated carbocycles. The average molecular weight is 462 g/mol. The Morgan fingerprint density at radius 1 is 1.00 bits per heavy atom. The summed E-state index contributed by atoms with van der Waals surface area (Å²) in [6.07, 6.45) is 8.95. The zero-order valence-electron chi connectivity index (χ0n) is 19.6. The number of anilines is 2. The van der Waals surface area contributed by atoms with E-state index in [0.717, 1.165) is 62.8 Å². The third kappa shape index (κ3) is 4.20. The first kappa shape index (κ1) is 22.3. The summed E-state index contributed by atoms with van der Waals surface area (Å²) in [5.41, 5.74) is 2.93. The van der Waals surface area contributed by atoms with Gasteiger partial charge in [0.2, 0.25) is 5.91 Å². The van der Waals surface area contributed by atoms with Crippen LogP contribution in [0.3, 0.4) is 0 Å². The summed E-state index contributed by atoms with van der Waals surface area (Å²) < 4.78 is 1.88. The number of carbonyl (C=O) groups excluding carboxylic acids is 1. The van der Waals surface area contributed by atoms with Crippen molar-refractivity contribution in [3.8, 4) is 0 Å². The third-order valence-corrected chi connectivity index (χ3v) is 7.75. The fourth-order valence-electron chi connectivity index (χ4n) is 5.52. The molecule has 2 amide bonds. The SMILES string of the molecule is CN(C(=O)O)c1cccc2ccn(CC(=O)N3CCC4(CC3)CCN(c3ccncc3)CC4)c12. The van der Waals surface area contributed by atoms with Gasteiger partial charge in [-0.2, -0.15) is 0 Å². The standard InChI is InChI=1S/C26H31N5O3/c1-28(25(33)34)22-4-2-3-20-7-14-31(24(20)22)19-23(32)30-17-10-26(11-18-30)8-15-29(16-9-26)21-5-12-27-13-6-21/h2-7,12-14H,8-11,15-19H2,1H3,(H,33,34). The molecule has 1 N–H and O–H groups in total. The summed E-state index contributed by atoms with van der Waals surface area (Å²) in [7, 11) is 1.53. The number of carboxylic acid groups (broad SMARTS) is 1. The lowest BCUT2D eigenvalue weighted by atomic mass is 9.71. The number of aromatic nitrogens is 2. The minimum Gasteiger partial charge on any atom is -0.465 e. The first-order valence-electron chi connectivity index (χ1n) is 11.9. The molecule has 0 atom stereocenters. The van der Waals surface area contributed by atoms with Crippen molar-refractivity contribution in [2.24, 2.45) is 5.41 Å². The topological polar surface area (TPSA) is 81.9 Å². The van der Waals surface area contributed by atoms with Crippen molar-refractivity contribution in [2.75, 3.05) is 43.0 Å². The lowest BCUT2D eigenvalue weighted by molar-refractivity contribution is -0.134. The van der Waals surface area contributed by atoms with E-state index in [2.05, 4.69) is 22.0 Å². The van der Waals surface area contributed by atoms with Gasteiger partial charge in [0.05, 0.1) is 11.2 Å². The molecule has 0 radical (unpaired) electrons. The van der Waals surface area contributed by atoms with Gasteiger partial charge in [0.25, 0.3) is 0 Å². The second kappa shape index (κ2) is 9.00. The smallest absolute Gasteiger partial charge is 0.411 e. The van der Waals surface area contributed by atoms with Crippen LogP contribution in [0.15, 0.2) is 55.0 Å². The van der Waals surface area contributed by atoms with Gasteiger partial charge in [0.1, 0.15) is 6.54 Å². The highest BCUT2D eigenvalue weighted by atomic mass is 16.4. The number of nitrogens with zero attached hydrogens (tertiary/aromatic N) is 5. The highest BCUT2D eigenvalue weighted by Crippen LogP contribution is 2.42. The molecule has 1 spiro atoms. The predicted molar refractivity (Wildman–Crippen MR) is 132 cm³/mol. The first-order valence-corrected chi connectivity index (χ1v) is 11.9. The van der Waals surface area contributed by atoms with E-state index >= 15 is 0 Å². The Balaban J connectivity index is 1.22. The van der Waals surface area contributed by atoms with Crippen LogP contribution in [-0.2, 0) is 11.3 Å². The number of hydrogen-bond acceptors (Lipinski definition) is 4. The van der Waals surface area contributed by atoms with Crippen molar-refractivity contribution < 1.29 is 14.7 Å². The number of hydrogen-bond donors (Lipinski definition) is 1. The molecule has 8 heteroatoms. The van der Waals surface area contributed by atoms with Gasteiger partial charge in [-0.3, -0.25) is 14.7 Å². The second-order valence-corrected chi connectivity index (χ2v) is 9.57. The summed E-state index contributed by atoms with van der Waals surface area (Å²) in [5, 5.41) is 10.4. The van der Waals surface area contributed by atoms with E-state index in [1.165, 1.54) is 17.6 Å². The fraction of sp³-hybridized carbons (Fsp3) is 0.423. The maximum absolute atomic E-state index is 13.2.